The van der Waals surface area contributed by atoms with Crippen molar-refractivity contribution in [3.8, 4) is 0 Å². The van der Waals surface area contributed by atoms with Gasteiger partial charge < -0.3 is 15.2 Å². The van der Waals surface area contributed by atoms with Crippen molar-refractivity contribution in [2.75, 3.05) is 20.1 Å². The second-order valence-electron chi connectivity index (χ2n) is 5.63. The van der Waals surface area contributed by atoms with Crippen molar-refractivity contribution in [1.29, 1.82) is 0 Å². The Morgan fingerprint density at radius 2 is 2.35 bits per heavy atom. The molecule has 20 heavy (non-hydrogen) atoms. The van der Waals surface area contributed by atoms with Crippen molar-refractivity contribution in [2.24, 2.45) is 0 Å². The van der Waals surface area contributed by atoms with Gasteiger partial charge in [-0.05, 0) is 51.6 Å². The van der Waals surface area contributed by atoms with E-state index in [1.54, 1.807) is 0 Å². The first-order chi connectivity index (χ1) is 9.61. The molecule has 1 aromatic carbocycles. The van der Waals surface area contributed by atoms with Gasteiger partial charge >= 0.3 is 0 Å². The van der Waals surface area contributed by atoms with Crippen LogP contribution in [0, 0.1) is 6.92 Å². The first-order valence-corrected chi connectivity index (χ1v) is 7.07. The highest BCUT2D eigenvalue weighted by molar-refractivity contribution is 5.97. The van der Waals surface area contributed by atoms with Crippen LogP contribution in [0.5, 0.6) is 0 Å². The van der Waals surface area contributed by atoms with Crippen molar-refractivity contribution in [2.45, 2.75) is 25.8 Å². The van der Waals surface area contributed by atoms with E-state index in [4.69, 9.17) is 0 Å². The summed E-state index contributed by atoms with van der Waals surface area (Å²) in [5.41, 5.74) is 2.50. The van der Waals surface area contributed by atoms with Crippen molar-refractivity contribution in [1.82, 2.24) is 20.2 Å². The lowest BCUT2D eigenvalue weighted by Crippen LogP contribution is -2.46. The number of hydrogen-bond donors (Lipinski definition) is 2. The maximum Gasteiger partial charge on any atom is 0.251 e. The van der Waals surface area contributed by atoms with Gasteiger partial charge in [-0.25, -0.2) is 4.98 Å². The lowest BCUT2D eigenvalue weighted by Gasteiger charge is -2.30. The zero-order chi connectivity index (χ0) is 14.1. The minimum atomic E-state index is -0.000506. The number of nitrogens with zero attached hydrogens (tertiary/aromatic N) is 2. The lowest BCUT2D eigenvalue weighted by atomic mass is 10.1. The third kappa shape index (κ3) is 2.67. The van der Waals surface area contributed by atoms with Crippen LogP contribution in [0.3, 0.4) is 0 Å². The zero-order valence-electron chi connectivity index (χ0n) is 11.9. The van der Waals surface area contributed by atoms with E-state index in [0.29, 0.717) is 5.56 Å². The van der Waals surface area contributed by atoms with E-state index in [0.717, 1.165) is 42.8 Å². The fourth-order valence-electron chi connectivity index (χ4n) is 2.83. The maximum absolute atomic E-state index is 12.3. The van der Waals surface area contributed by atoms with E-state index < -0.39 is 0 Å². The highest BCUT2D eigenvalue weighted by atomic mass is 16.1. The molecule has 1 fully saturated rings. The SMILES string of the molecule is Cc1nc2ccc(C(=O)NC3CCCN(C)C3)cc2[nH]1. The molecule has 1 aliphatic rings. The smallest absolute Gasteiger partial charge is 0.251 e. The first kappa shape index (κ1) is 13.1. The van der Waals surface area contributed by atoms with E-state index in [2.05, 4.69) is 27.2 Å². The molecule has 3 rings (SSSR count). The summed E-state index contributed by atoms with van der Waals surface area (Å²) in [6.45, 7) is 3.96. The number of carbonyl (C=O) groups is 1. The molecular formula is C15H20N4O. The Balaban J connectivity index is 1.74. The Morgan fingerprint density at radius 3 is 3.15 bits per heavy atom. The summed E-state index contributed by atoms with van der Waals surface area (Å²) in [4.78, 5) is 22.1. The van der Waals surface area contributed by atoms with Gasteiger partial charge in [-0.1, -0.05) is 0 Å². The second-order valence-corrected chi connectivity index (χ2v) is 5.63. The van der Waals surface area contributed by atoms with Crippen molar-refractivity contribution in [3.63, 3.8) is 0 Å². The molecule has 1 aliphatic heterocycles. The van der Waals surface area contributed by atoms with Gasteiger partial charge in [-0.2, -0.15) is 0 Å². The summed E-state index contributed by atoms with van der Waals surface area (Å²) in [6, 6.07) is 5.85. The van der Waals surface area contributed by atoms with Crippen LogP contribution < -0.4 is 5.32 Å². The number of aryl methyl sites for hydroxylation is 1. The zero-order valence-corrected chi connectivity index (χ0v) is 11.9. The Hall–Kier alpha value is -1.88. The number of aromatic nitrogens is 2. The number of benzene rings is 1. The Morgan fingerprint density at radius 1 is 1.50 bits per heavy atom. The molecule has 0 bridgehead atoms. The number of rotatable bonds is 2. The Labute approximate surface area is 118 Å². The predicted molar refractivity (Wildman–Crippen MR) is 78.8 cm³/mol. The van der Waals surface area contributed by atoms with Crippen molar-refractivity contribution < 1.29 is 4.79 Å². The van der Waals surface area contributed by atoms with E-state index in [9.17, 15) is 4.79 Å². The van der Waals surface area contributed by atoms with Crippen molar-refractivity contribution >= 4 is 16.9 Å². The molecule has 2 heterocycles. The number of piperidine rings is 1. The fourth-order valence-corrected chi connectivity index (χ4v) is 2.83. The topological polar surface area (TPSA) is 61.0 Å². The average Bonchev–Trinajstić information content (AvgIpc) is 2.77. The standard InChI is InChI=1S/C15H20N4O/c1-10-16-13-6-5-11(8-14(13)17-10)15(20)18-12-4-3-7-19(2)9-12/h5-6,8,12H,3-4,7,9H2,1-2H3,(H,16,17)(H,18,20). The summed E-state index contributed by atoms with van der Waals surface area (Å²) in [5, 5.41) is 3.12. The van der Waals surface area contributed by atoms with Crippen LogP contribution >= 0.6 is 0 Å². The normalized spacial score (nSPS) is 20.2. The van der Waals surface area contributed by atoms with Crippen LogP contribution in [-0.4, -0.2) is 47.0 Å². The van der Waals surface area contributed by atoms with Crippen LogP contribution in [0.15, 0.2) is 18.2 Å². The molecule has 1 saturated heterocycles. The van der Waals surface area contributed by atoms with Gasteiger partial charge in [0.05, 0.1) is 11.0 Å². The Bertz CT molecular complexity index is 634. The highest BCUT2D eigenvalue weighted by Crippen LogP contribution is 2.14. The minimum Gasteiger partial charge on any atom is -0.348 e. The van der Waals surface area contributed by atoms with E-state index in [1.807, 2.05) is 25.1 Å². The molecule has 5 nitrogen and oxygen atoms in total. The third-order valence-corrected chi connectivity index (χ3v) is 3.82. The van der Waals surface area contributed by atoms with Gasteiger partial charge in [-0.15, -0.1) is 0 Å². The molecule has 1 aromatic heterocycles. The molecule has 106 valence electrons. The molecule has 1 unspecified atom stereocenters. The van der Waals surface area contributed by atoms with Crippen LogP contribution in [-0.2, 0) is 0 Å². The number of nitrogens with one attached hydrogen (secondary N) is 2. The number of H-pyrrole nitrogens is 1. The second kappa shape index (κ2) is 5.25. The van der Waals surface area contributed by atoms with Crippen LogP contribution in [0.4, 0.5) is 0 Å². The Kier molecular flexibility index (Phi) is 3.44. The predicted octanol–water partition coefficient (Wildman–Crippen LogP) is 1.70. The summed E-state index contributed by atoms with van der Waals surface area (Å²) < 4.78 is 0. The van der Waals surface area contributed by atoms with Gasteiger partial charge in [0, 0.05) is 18.2 Å². The third-order valence-electron chi connectivity index (χ3n) is 3.82. The van der Waals surface area contributed by atoms with Crippen LogP contribution in [0.2, 0.25) is 0 Å². The molecule has 0 saturated carbocycles. The molecule has 0 spiro atoms. The van der Waals surface area contributed by atoms with Gasteiger partial charge in [-0.3, -0.25) is 4.79 Å². The molecular weight excluding hydrogens is 252 g/mol. The van der Waals surface area contributed by atoms with Crippen LogP contribution in [0.25, 0.3) is 11.0 Å². The van der Waals surface area contributed by atoms with E-state index in [1.165, 1.54) is 0 Å². The quantitative estimate of drug-likeness (QED) is 0.874. The lowest BCUT2D eigenvalue weighted by molar-refractivity contribution is 0.0912. The largest absolute Gasteiger partial charge is 0.348 e. The summed E-state index contributed by atoms with van der Waals surface area (Å²) in [6.07, 6.45) is 2.20. The fraction of sp³-hybridized carbons (Fsp3) is 0.467. The van der Waals surface area contributed by atoms with Crippen molar-refractivity contribution in [3.05, 3.63) is 29.6 Å². The van der Waals surface area contributed by atoms with E-state index in [-0.39, 0.29) is 11.9 Å². The van der Waals surface area contributed by atoms with E-state index >= 15 is 0 Å². The highest BCUT2D eigenvalue weighted by Gasteiger charge is 2.19. The monoisotopic (exact) mass is 272 g/mol. The molecule has 5 heteroatoms. The van der Waals surface area contributed by atoms with Gasteiger partial charge in [0.25, 0.3) is 5.91 Å². The number of carbonyl (C=O) groups excluding carboxylic acids is 1. The van der Waals surface area contributed by atoms with Gasteiger partial charge in [0.2, 0.25) is 0 Å². The molecule has 2 aromatic rings. The number of hydrogen-bond acceptors (Lipinski definition) is 3. The molecule has 2 N–H and O–H groups in total. The summed E-state index contributed by atoms with van der Waals surface area (Å²) in [5.74, 6) is 0.867. The number of likely N-dealkylation sites (tertiary alicyclic amines) is 1. The number of imidazole rings is 1. The molecule has 0 radical (unpaired) electrons. The average molecular weight is 272 g/mol. The number of fused-ring (bicyclic) bond motifs is 1. The molecule has 1 atom stereocenters. The van der Waals surface area contributed by atoms with Crippen LogP contribution in [0.1, 0.15) is 29.0 Å². The molecule has 1 amide bonds. The number of aromatic amines is 1. The maximum atomic E-state index is 12.3. The number of likely N-dealkylation sites (N-methyl/N-ethyl adjacent to an activating group) is 1. The molecule has 0 aliphatic carbocycles. The minimum absolute atomic E-state index is 0.000506. The first-order valence-electron chi connectivity index (χ1n) is 7.07. The number of amides is 1. The van der Waals surface area contributed by atoms with Gasteiger partial charge in [0.1, 0.15) is 5.82 Å². The summed E-state index contributed by atoms with van der Waals surface area (Å²) in [7, 11) is 2.09. The van der Waals surface area contributed by atoms with Gasteiger partial charge in [0.15, 0.2) is 0 Å². The summed E-state index contributed by atoms with van der Waals surface area (Å²) >= 11 is 0.